The van der Waals surface area contributed by atoms with Crippen LogP contribution >= 0.6 is 0 Å². The molecule has 0 radical (unpaired) electrons. The van der Waals surface area contributed by atoms with E-state index >= 15 is 0 Å². The summed E-state index contributed by atoms with van der Waals surface area (Å²) in [5.74, 6) is -1.99. The summed E-state index contributed by atoms with van der Waals surface area (Å²) in [6.07, 6.45) is -1.90. The molecule has 0 aliphatic carbocycles. The van der Waals surface area contributed by atoms with Gasteiger partial charge in [-0.3, -0.25) is 9.59 Å². The van der Waals surface area contributed by atoms with Gasteiger partial charge in [-0.15, -0.1) is 0 Å². The zero-order valence-corrected chi connectivity index (χ0v) is 9.51. The third kappa shape index (κ3) is 4.13. The number of carboxylic acid groups (broad SMARTS) is 1. The van der Waals surface area contributed by atoms with Crippen molar-refractivity contribution in [2.75, 3.05) is 7.05 Å². The Balaban J connectivity index is 4.38. The van der Waals surface area contributed by atoms with Crippen molar-refractivity contribution < 1.29 is 24.5 Å². The van der Waals surface area contributed by atoms with Crippen molar-refractivity contribution in [2.24, 2.45) is 5.73 Å². The Kier molecular flexibility index (Phi) is 5.94. The normalized spacial score (nSPS) is 18.3. The number of likely N-dealkylation sites (N-methyl/N-ethyl adjacent to an activating group) is 1. The molecule has 16 heavy (non-hydrogen) atoms. The molecule has 0 aromatic carbocycles. The van der Waals surface area contributed by atoms with Gasteiger partial charge in [-0.25, -0.2) is 0 Å². The molecule has 0 aliphatic rings. The smallest absolute Gasteiger partial charge is 0.326 e. The Morgan fingerprint density at radius 1 is 1.38 bits per heavy atom. The lowest BCUT2D eigenvalue weighted by atomic mass is 10.1. The quantitative estimate of drug-likeness (QED) is 0.404. The lowest BCUT2D eigenvalue weighted by Crippen LogP contribution is -2.49. The van der Waals surface area contributed by atoms with Gasteiger partial charge in [0, 0.05) is 0 Å². The zero-order valence-electron chi connectivity index (χ0n) is 9.51. The summed E-state index contributed by atoms with van der Waals surface area (Å²) in [5.41, 5.74) is 5.27. The van der Waals surface area contributed by atoms with Crippen LogP contribution in [0.1, 0.15) is 13.8 Å². The van der Waals surface area contributed by atoms with E-state index in [0.29, 0.717) is 0 Å². The van der Waals surface area contributed by atoms with E-state index in [-0.39, 0.29) is 0 Å². The number of rotatable bonds is 6. The number of aliphatic hydroxyl groups excluding tert-OH is 1. The topological polar surface area (TPSA) is 122 Å². The van der Waals surface area contributed by atoms with Gasteiger partial charge in [0.2, 0.25) is 0 Å². The Morgan fingerprint density at radius 3 is 2.19 bits per heavy atom. The molecule has 7 nitrogen and oxygen atoms in total. The third-order valence-electron chi connectivity index (χ3n) is 2.14. The first kappa shape index (κ1) is 14.8. The van der Waals surface area contributed by atoms with E-state index in [1.54, 1.807) is 0 Å². The Bertz CT molecular complexity index is 256. The lowest BCUT2D eigenvalue weighted by Gasteiger charge is -2.22. The number of hydrogen-bond donors (Lipinski definition) is 4. The van der Waals surface area contributed by atoms with E-state index in [1.807, 2.05) is 0 Å². The summed E-state index contributed by atoms with van der Waals surface area (Å²) >= 11 is 0. The van der Waals surface area contributed by atoms with Crippen molar-refractivity contribution in [1.29, 1.82) is 0 Å². The SMILES string of the molecule is CN[C@H](C(=O)O[C@H](C)[C@H](N)C(=O)O)[C@@H](C)O. The minimum Gasteiger partial charge on any atom is -0.480 e. The number of aliphatic carboxylic acids is 1. The van der Waals surface area contributed by atoms with E-state index in [0.717, 1.165) is 0 Å². The number of carbonyl (C=O) groups is 2. The molecule has 7 heteroatoms. The summed E-state index contributed by atoms with van der Waals surface area (Å²) in [6, 6.07) is -2.18. The number of aliphatic hydroxyl groups is 1. The molecule has 0 saturated heterocycles. The molecule has 0 spiro atoms. The summed E-state index contributed by atoms with van der Waals surface area (Å²) in [6.45, 7) is 2.80. The maximum absolute atomic E-state index is 11.5. The molecule has 0 rings (SSSR count). The summed E-state index contributed by atoms with van der Waals surface area (Å²) in [5, 5.41) is 20.4. The maximum atomic E-state index is 11.5. The molecule has 0 aromatic rings. The molecule has 0 aliphatic heterocycles. The first-order chi connectivity index (χ1) is 7.31. The highest BCUT2D eigenvalue weighted by molar-refractivity contribution is 5.78. The van der Waals surface area contributed by atoms with Gasteiger partial charge >= 0.3 is 11.9 Å². The van der Waals surface area contributed by atoms with Crippen molar-refractivity contribution in [2.45, 2.75) is 38.1 Å². The highest BCUT2D eigenvalue weighted by Crippen LogP contribution is 2.02. The number of esters is 1. The minimum atomic E-state index is -1.28. The van der Waals surface area contributed by atoms with Gasteiger partial charge < -0.3 is 26.0 Å². The van der Waals surface area contributed by atoms with E-state index in [1.165, 1.54) is 20.9 Å². The van der Waals surface area contributed by atoms with Crippen molar-refractivity contribution in [3.63, 3.8) is 0 Å². The number of hydrogen-bond acceptors (Lipinski definition) is 6. The van der Waals surface area contributed by atoms with Crippen LogP contribution in [-0.4, -0.2) is 53.5 Å². The molecule has 94 valence electrons. The van der Waals surface area contributed by atoms with Crippen LogP contribution in [0.5, 0.6) is 0 Å². The van der Waals surface area contributed by atoms with Crippen LogP contribution < -0.4 is 11.1 Å². The van der Waals surface area contributed by atoms with Gasteiger partial charge in [0.15, 0.2) is 0 Å². The van der Waals surface area contributed by atoms with Crippen LogP contribution in [0.15, 0.2) is 0 Å². The van der Waals surface area contributed by atoms with Gasteiger partial charge in [0.05, 0.1) is 6.10 Å². The number of carboxylic acids is 1. The average molecular weight is 234 g/mol. The molecule has 5 N–H and O–H groups in total. The third-order valence-corrected chi connectivity index (χ3v) is 2.14. The van der Waals surface area contributed by atoms with Crippen molar-refractivity contribution in [1.82, 2.24) is 5.32 Å². The standard InChI is InChI=1S/C9H18N2O5/c1-4(12)7(11-3)9(15)16-5(2)6(10)8(13)14/h4-7,11-12H,10H2,1-3H3,(H,13,14)/t4-,5-,6+,7+/m1/s1. The fourth-order valence-corrected chi connectivity index (χ4v) is 1.09. The number of carbonyl (C=O) groups excluding carboxylic acids is 1. The monoisotopic (exact) mass is 234 g/mol. The van der Waals surface area contributed by atoms with Crippen molar-refractivity contribution in [3.8, 4) is 0 Å². The molecule has 0 amide bonds. The number of ether oxygens (including phenoxy) is 1. The zero-order chi connectivity index (χ0) is 12.9. The van der Waals surface area contributed by atoms with Crippen LogP contribution in [0, 0.1) is 0 Å². The van der Waals surface area contributed by atoms with Crippen LogP contribution in [0.2, 0.25) is 0 Å². The first-order valence-electron chi connectivity index (χ1n) is 4.85. The average Bonchev–Trinajstić information content (AvgIpc) is 2.16. The Morgan fingerprint density at radius 2 is 1.88 bits per heavy atom. The van der Waals surface area contributed by atoms with Gasteiger partial charge in [-0.2, -0.15) is 0 Å². The molecule has 0 fully saturated rings. The first-order valence-corrected chi connectivity index (χ1v) is 4.85. The van der Waals surface area contributed by atoms with E-state index < -0.39 is 36.2 Å². The molecule has 0 heterocycles. The summed E-state index contributed by atoms with van der Waals surface area (Å²) < 4.78 is 4.82. The van der Waals surface area contributed by atoms with Crippen molar-refractivity contribution >= 4 is 11.9 Å². The Labute approximate surface area is 93.6 Å². The molecular weight excluding hydrogens is 216 g/mol. The number of nitrogens with one attached hydrogen (secondary N) is 1. The van der Waals surface area contributed by atoms with Crippen molar-refractivity contribution in [3.05, 3.63) is 0 Å². The maximum Gasteiger partial charge on any atom is 0.326 e. The molecule has 0 bridgehead atoms. The fourth-order valence-electron chi connectivity index (χ4n) is 1.09. The van der Waals surface area contributed by atoms with Gasteiger partial charge in [-0.05, 0) is 20.9 Å². The second-order valence-electron chi connectivity index (χ2n) is 3.51. The highest BCUT2D eigenvalue weighted by atomic mass is 16.5. The molecule has 0 aromatic heterocycles. The predicted molar refractivity (Wildman–Crippen MR) is 55.7 cm³/mol. The van der Waals surface area contributed by atoms with Crippen LogP contribution in [0.4, 0.5) is 0 Å². The molecule has 0 unspecified atom stereocenters. The van der Waals surface area contributed by atoms with Crippen LogP contribution in [0.3, 0.4) is 0 Å². The highest BCUT2D eigenvalue weighted by Gasteiger charge is 2.29. The molecule has 4 atom stereocenters. The van der Waals surface area contributed by atoms with Crippen LogP contribution in [0.25, 0.3) is 0 Å². The van der Waals surface area contributed by atoms with E-state index in [4.69, 9.17) is 15.6 Å². The fraction of sp³-hybridized carbons (Fsp3) is 0.778. The second-order valence-corrected chi connectivity index (χ2v) is 3.51. The molecular formula is C9H18N2O5. The lowest BCUT2D eigenvalue weighted by molar-refractivity contribution is -0.157. The van der Waals surface area contributed by atoms with E-state index in [9.17, 15) is 14.7 Å². The van der Waals surface area contributed by atoms with Gasteiger partial charge in [0.25, 0.3) is 0 Å². The van der Waals surface area contributed by atoms with Gasteiger partial charge in [-0.1, -0.05) is 0 Å². The second kappa shape index (κ2) is 6.41. The Hall–Kier alpha value is -1.18. The number of nitrogens with two attached hydrogens (primary N) is 1. The predicted octanol–water partition coefficient (Wildman–Crippen LogP) is -1.70. The van der Waals surface area contributed by atoms with E-state index in [2.05, 4.69) is 5.32 Å². The summed E-state index contributed by atoms with van der Waals surface area (Å²) in [4.78, 5) is 22.0. The summed E-state index contributed by atoms with van der Waals surface area (Å²) in [7, 11) is 1.49. The van der Waals surface area contributed by atoms with Crippen LogP contribution in [-0.2, 0) is 14.3 Å². The van der Waals surface area contributed by atoms with Gasteiger partial charge in [0.1, 0.15) is 18.2 Å². The minimum absolute atomic E-state index is 0.735. The molecule has 0 saturated carbocycles. The largest absolute Gasteiger partial charge is 0.480 e.